The van der Waals surface area contributed by atoms with Gasteiger partial charge in [0.05, 0.1) is 12.6 Å². The van der Waals surface area contributed by atoms with E-state index in [1.807, 2.05) is 35.7 Å². The summed E-state index contributed by atoms with van der Waals surface area (Å²) in [6.45, 7) is 2.50. The fourth-order valence-corrected chi connectivity index (χ4v) is 6.18. The van der Waals surface area contributed by atoms with Crippen molar-refractivity contribution in [3.8, 4) is 22.8 Å². The van der Waals surface area contributed by atoms with Crippen molar-refractivity contribution < 1.29 is 23.6 Å². The topological polar surface area (TPSA) is 125 Å². The van der Waals surface area contributed by atoms with E-state index in [2.05, 4.69) is 15.6 Å². The van der Waals surface area contributed by atoms with Gasteiger partial charge in [0, 0.05) is 47.4 Å². The standard InChI is InChI=1S/C33H31N5O5S/c1-21(39)37-16-2-6-27(37)31(41)35-24-12-8-22(9-13-24)29-20-34-33(43-29)23-10-14-25(15-11-23)36-32(42)28-7-3-17-38(28)30(40)19-26-5-4-18-44-26/h3-5,7-15,18,20,27-28H,2,6,16-17,19H2,1H3,(H,35,41)(H,36,42)/t27-,28-/m0/s1. The number of amides is 4. The third kappa shape index (κ3) is 6.32. The molecule has 0 unspecified atom stereocenters. The first kappa shape index (κ1) is 29.1. The molecule has 4 heterocycles. The van der Waals surface area contributed by atoms with E-state index >= 15 is 0 Å². The third-order valence-corrected chi connectivity index (χ3v) is 8.63. The minimum atomic E-state index is -0.658. The average Bonchev–Trinajstić information content (AvgIpc) is 3.85. The number of carbonyl (C=O) groups is 4. The lowest BCUT2D eigenvalue weighted by molar-refractivity contribution is -0.135. The average molecular weight is 610 g/mol. The van der Waals surface area contributed by atoms with Gasteiger partial charge in [0.1, 0.15) is 12.1 Å². The Balaban J connectivity index is 1.05. The highest BCUT2D eigenvalue weighted by Crippen LogP contribution is 2.28. The molecule has 224 valence electrons. The van der Waals surface area contributed by atoms with Crippen LogP contribution in [0.5, 0.6) is 0 Å². The molecular formula is C33H31N5O5S. The number of rotatable bonds is 8. The van der Waals surface area contributed by atoms with Gasteiger partial charge in [-0.25, -0.2) is 4.98 Å². The number of benzene rings is 2. The summed E-state index contributed by atoms with van der Waals surface area (Å²) in [5.41, 5.74) is 2.76. The number of hydrogen-bond donors (Lipinski definition) is 2. The van der Waals surface area contributed by atoms with Gasteiger partial charge in [-0.15, -0.1) is 11.3 Å². The van der Waals surface area contributed by atoms with Crippen LogP contribution in [0, 0.1) is 0 Å². The van der Waals surface area contributed by atoms with Crippen molar-refractivity contribution in [3.63, 3.8) is 0 Å². The van der Waals surface area contributed by atoms with Gasteiger partial charge >= 0.3 is 0 Å². The predicted octanol–water partition coefficient (Wildman–Crippen LogP) is 4.97. The van der Waals surface area contributed by atoms with E-state index in [0.29, 0.717) is 42.5 Å². The summed E-state index contributed by atoms with van der Waals surface area (Å²) in [5, 5.41) is 7.73. The first-order valence-electron chi connectivity index (χ1n) is 14.4. The molecule has 6 rings (SSSR count). The van der Waals surface area contributed by atoms with Gasteiger partial charge in [0.25, 0.3) is 5.91 Å². The van der Waals surface area contributed by atoms with Gasteiger partial charge in [0.2, 0.25) is 23.6 Å². The Labute approximate surface area is 258 Å². The zero-order valence-corrected chi connectivity index (χ0v) is 24.9. The van der Waals surface area contributed by atoms with E-state index in [-0.39, 0.29) is 30.0 Å². The minimum absolute atomic E-state index is 0.0860. The maximum Gasteiger partial charge on any atom is 0.251 e. The Morgan fingerprint density at radius 3 is 2.32 bits per heavy atom. The van der Waals surface area contributed by atoms with Gasteiger partial charge < -0.3 is 24.9 Å². The van der Waals surface area contributed by atoms with E-state index in [1.54, 1.807) is 58.5 Å². The van der Waals surface area contributed by atoms with Crippen molar-refractivity contribution >= 4 is 46.3 Å². The van der Waals surface area contributed by atoms with Crippen LogP contribution < -0.4 is 10.6 Å². The van der Waals surface area contributed by atoms with E-state index in [4.69, 9.17) is 4.42 Å². The van der Waals surface area contributed by atoms with Crippen molar-refractivity contribution in [2.24, 2.45) is 0 Å². The Hall–Kier alpha value is -5.03. The molecule has 1 saturated heterocycles. The number of nitrogens with zero attached hydrogens (tertiary/aromatic N) is 3. The summed E-state index contributed by atoms with van der Waals surface area (Å²) in [6.07, 6.45) is 6.97. The van der Waals surface area contributed by atoms with Gasteiger partial charge in [-0.05, 0) is 72.8 Å². The van der Waals surface area contributed by atoms with Crippen molar-refractivity contribution in [1.82, 2.24) is 14.8 Å². The zero-order chi connectivity index (χ0) is 30.6. The van der Waals surface area contributed by atoms with E-state index in [0.717, 1.165) is 22.4 Å². The van der Waals surface area contributed by atoms with Crippen molar-refractivity contribution in [1.29, 1.82) is 0 Å². The van der Waals surface area contributed by atoms with Crippen LogP contribution in [0.1, 0.15) is 24.6 Å². The Morgan fingerprint density at radius 1 is 0.932 bits per heavy atom. The number of thiophene rings is 1. The van der Waals surface area contributed by atoms with Crippen LogP contribution >= 0.6 is 11.3 Å². The van der Waals surface area contributed by atoms with Crippen molar-refractivity contribution in [2.75, 3.05) is 23.7 Å². The molecule has 2 aliphatic heterocycles. The molecule has 0 aliphatic carbocycles. The van der Waals surface area contributed by atoms with Crippen molar-refractivity contribution in [3.05, 3.63) is 89.3 Å². The highest BCUT2D eigenvalue weighted by atomic mass is 32.1. The van der Waals surface area contributed by atoms with Gasteiger partial charge in [-0.1, -0.05) is 18.2 Å². The van der Waals surface area contributed by atoms with Crippen LogP contribution in [0.25, 0.3) is 22.8 Å². The molecule has 2 aromatic heterocycles. The Kier molecular flexibility index (Phi) is 8.38. The number of carbonyl (C=O) groups excluding carboxylic acids is 4. The van der Waals surface area contributed by atoms with Crippen LogP contribution in [0.2, 0.25) is 0 Å². The molecule has 1 fully saturated rings. The van der Waals surface area contributed by atoms with Crippen LogP contribution in [-0.2, 0) is 25.6 Å². The number of oxazole rings is 1. The normalized spacial score (nSPS) is 17.6. The summed E-state index contributed by atoms with van der Waals surface area (Å²) in [6, 6.07) is 17.1. The smallest absolute Gasteiger partial charge is 0.251 e. The summed E-state index contributed by atoms with van der Waals surface area (Å²) in [7, 11) is 0. The lowest BCUT2D eigenvalue weighted by atomic mass is 10.1. The van der Waals surface area contributed by atoms with Gasteiger partial charge in [-0.2, -0.15) is 0 Å². The molecule has 10 nitrogen and oxygen atoms in total. The van der Waals surface area contributed by atoms with Gasteiger partial charge in [-0.3, -0.25) is 19.2 Å². The predicted molar refractivity (Wildman–Crippen MR) is 168 cm³/mol. The highest BCUT2D eigenvalue weighted by Gasteiger charge is 2.32. The quantitative estimate of drug-likeness (QED) is 0.272. The van der Waals surface area contributed by atoms with Crippen LogP contribution in [-0.4, -0.2) is 63.6 Å². The summed E-state index contributed by atoms with van der Waals surface area (Å²) in [5.74, 6) is 0.344. The van der Waals surface area contributed by atoms with E-state index in [1.165, 1.54) is 18.3 Å². The molecule has 4 amide bonds. The van der Waals surface area contributed by atoms with E-state index in [9.17, 15) is 19.2 Å². The molecule has 2 aliphatic rings. The first-order chi connectivity index (χ1) is 21.4. The largest absolute Gasteiger partial charge is 0.436 e. The van der Waals surface area contributed by atoms with Crippen LogP contribution in [0.4, 0.5) is 11.4 Å². The van der Waals surface area contributed by atoms with E-state index < -0.39 is 12.1 Å². The lowest BCUT2D eigenvalue weighted by Gasteiger charge is -2.23. The highest BCUT2D eigenvalue weighted by molar-refractivity contribution is 7.10. The number of hydrogen-bond acceptors (Lipinski definition) is 7. The molecule has 0 spiro atoms. The fraction of sp³-hybridized carbons (Fsp3) is 0.242. The van der Waals surface area contributed by atoms with Crippen LogP contribution in [0.3, 0.4) is 0 Å². The monoisotopic (exact) mass is 609 g/mol. The molecule has 4 aromatic rings. The zero-order valence-electron chi connectivity index (χ0n) is 24.1. The van der Waals surface area contributed by atoms with Gasteiger partial charge in [0.15, 0.2) is 5.76 Å². The first-order valence-corrected chi connectivity index (χ1v) is 15.3. The second-order valence-electron chi connectivity index (χ2n) is 10.7. The summed E-state index contributed by atoms with van der Waals surface area (Å²) >= 11 is 1.52. The SMILES string of the molecule is CC(=O)N1CCC[C@H]1C(=O)Nc1ccc(-c2cnc(-c3ccc(NC(=O)[C@@H]4C=CCN4C(=O)Cc4cccs4)cc3)o2)cc1. The number of likely N-dealkylation sites (tertiary alicyclic amines) is 1. The fourth-order valence-electron chi connectivity index (χ4n) is 5.48. The summed E-state index contributed by atoms with van der Waals surface area (Å²) in [4.78, 5) is 58.9. The number of anilines is 2. The Bertz CT molecular complexity index is 1690. The molecule has 2 N–H and O–H groups in total. The molecule has 0 radical (unpaired) electrons. The van der Waals surface area contributed by atoms with Crippen molar-refractivity contribution in [2.45, 2.75) is 38.3 Å². The maximum absolute atomic E-state index is 13.0. The van der Waals surface area contributed by atoms with Crippen LogP contribution in [0.15, 0.2) is 88.8 Å². The molecular weight excluding hydrogens is 578 g/mol. The third-order valence-electron chi connectivity index (χ3n) is 7.75. The molecule has 2 atom stereocenters. The second-order valence-corrected chi connectivity index (χ2v) is 11.7. The molecule has 0 saturated carbocycles. The second kappa shape index (κ2) is 12.7. The molecule has 11 heteroatoms. The molecule has 0 bridgehead atoms. The maximum atomic E-state index is 13.0. The lowest BCUT2D eigenvalue weighted by Crippen LogP contribution is -2.44. The molecule has 44 heavy (non-hydrogen) atoms. The molecule has 2 aromatic carbocycles. The number of aromatic nitrogens is 1. The number of nitrogens with one attached hydrogen (secondary N) is 2. The Morgan fingerprint density at radius 2 is 1.64 bits per heavy atom. The summed E-state index contributed by atoms with van der Waals surface area (Å²) < 4.78 is 6.00. The minimum Gasteiger partial charge on any atom is -0.436 e.